The van der Waals surface area contributed by atoms with E-state index in [4.69, 9.17) is 0 Å². The molecule has 128 valence electrons. The summed E-state index contributed by atoms with van der Waals surface area (Å²) in [6.45, 7) is 1.47. The third kappa shape index (κ3) is 5.92. The average Bonchev–Trinajstić information content (AvgIpc) is 2.75. The Balaban J connectivity index is 1.83. The number of amides is 1. The number of carbonyl (C=O) groups is 1. The van der Waals surface area contributed by atoms with Crippen LogP contribution in [-0.2, 0) is 30.4 Å². The van der Waals surface area contributed by atoms with Crippen molar-refractivity contribution in [1.29, 1.82) is 0 Å². The summed E-state index contributed by atoms with van der Waals surface area (Å²) in [5, 5.41) is 2.53. The van der Waals surface area contributed by atoms with Gasteiger partial charge in [-0.2, -0.15) is 0 Å². The molecule has 0 aromatic heterocycles. The molecule has 23 heavy (non-hydrogen) atoms. The normalized spacial score (nSPS) is 20.3. The van der Waals surface area contributed by atoms with E-state index in [1.807, 2.05) is 13.0 Å². The van der Waals surface area contributed by atoms with Crippen LogP contribution in [0.1, 0.15) is 17.5 Å². The molecule has 0 saturated carbocycles. The summed E-state index contributed by atoms with van der Waals surface area (Å²) >= 11 is 0. The summed E-state index contributed by atoms with van der Waals surface area (Å²) < 4.78 is 48.8. The highest BCUT2D eigenvalue weighted by Gasteiger charge is 2.29. The van der Waals surface area contributed by atoms with Crippen LogP contribution in [0.5, 0.6) is 0 Å². The van der Waals surface area contributed by atoms with E-state index < -0.39 is 38.4 Å². The molecule has 7 nitrogen and oxygen atoms in total. The molecule has 1 fully saturated rings. The molecule has 1 unspecified atom stereocenters. The minimum Gasteiger partial charge on any atom is -0.351 e. The van der Waals surface area contributed by atoms with Gasteiger partial charge in [-0.1, -0.05) is 29.8 Å². The maximum Gasteiger partial charge on any atom is 0.235 e. The quantitative estimate of drug-likeness (QED) is 0.725. The van der Waals surface area contributed by atoms with E-state index in [1.54, 1.807) is 18.2 Å². The molecule has 1 amide bonds. The van der Waals surface area contributed by atoms with Gasteiger partial charge in [0.25, 0.3) is 0 Å². The van der Waals surface area contributed by atoms with Gasteiger partial charge in [0, 0.05) is 6.04 Å². The van der Waals surface area contributed by atoms with Crippen molar-refractivity contribution in [1.82, 2.24) is 10.0 Å². The molecule has 0 radical (unpaired) electrons. The van der Waals surface area contributed by atoms with E-state index in [1.165, 1.54) is 0 Å². The zero-order valence-corrected chi connectivity index (χ0v) is 14.4. The fraction of sp³-hybridized carbons (Fsp3) is 0.500. The van der Waals surface area contributed by atoms with E-state index >= 15 is 0 Å². The van der Waals surface area contributed by atoms with Gasteiger partial charge in [0.05, 0.1) is 23.8 Å². The highest BCUT2D eigenvalue weighted by molar-refractivity contribution is 7.91. The molecule has 1 aliphatic rings. The zero-order chi connectivity index (χ0) is 17.1. The van der Waals surface area contributed by atoms with E-state index in [0.29, 0.717) is 12.0 Å². The average molecular weight is 360 g/mol. The molecule has 1 aromatic rings. The molecule has 2 N–H and O–H groups in total. The van der Waals surface area contributed by atoms with Crippen LogP contribution in [0, 0.1) is 6.92 Å². The van der Waals surface area contributed by atoms with Crippen LogP contribution in [-0.4, -0.2) is 46.8 Å². The number of benzene rings is 1. The van der Waals surface area contributed by atoms with Crippen LogP contribution in [0.2, 0.25) is 0 Å². The maximum atomic E-state index is 12.0. The largest absolute Gasteiger partial charge is 0.351 e. The fourth-order valence-corrected chi connectivity index (χ4v) is 5.18. The van der Waals surface area contributed by atoms with Crippen molar-refractivity contribution in [3.8, 4) is 0 Å². The standard InChI is InChI=1S/C14H20N2O5S2/c1-11-3-2-4-12(7-11)9-23(20,21)15-8-14(17)16-13-5-6-22(18,19)10-13/h2-4,7,13,15H,5-6,8-10H2,1H3,(H,16,17). The topological polar surface area (TPSA) is 109 Å². The molecule has 0 aliphatic carbocycles. The lowest BCUT2D eigenvalue weighted by atomic mass is 10.2. The van der Waals surface area contributed by atoms with E-state index in [2.05, 4.69) is 10.0 Å². The number of nitrogens with one attached hydrogen (secondary N) is 2. The monoisotopic (exact) mass is 360 g/mol. The van der Waals surface area contributed by atoms with E-state index in [9.17, 15) is 21.6 Å². The van der Waals surface area contributed by atoms with E-state index in [0.717, 1.165) is 5.56 Å². The maximum absolute atomic E-state index is 12.0. The Kier molecular flexibility index (Phi) is 5.43. The first-order valence-electron chi connectivity index (χ1n) is 7.18. The molecule has 1 aromatic carbocycles. The summed E-state index contributed by atoms with van der Waals surface area (Å²) in [6, 6.07) is 6.67. The summed E-state index contributed by atoms with van der Waals surface area (Å²) in [5.41, 5.74) is 1.60. The Labute approximate surface area is 136 Å². The number of hydrogen-bond donors (Lipinski definition) is 2. The second kappa shape index (κ2) is 6.98. The number of rotatable bonds is 6. The second-order valence-corrected chi connectivity index (χ2v) is 9.77. The van der Waals surface area contributed by atoms with Crippen molar-refractivity contribution in [3.63, 3.8) is 0 Å². The van der Waals surface area contributed by atoms with Crippen molar-refractivity contribution < 1.29 is 21.6 Å². The first kappa shape index (κ1) is 17.9. The minimum atomic E-state index is -3.63. The molecular formula is C14H20N2O5S2. The molecule has 1 saturated heterocycles. The Hall–Kier alpha value is -1.45. The first-order chi connectivity index (χ1) is 10.7. The van der Waals surface area contributed by atoms with Crippen LogP contribution in [0.15, 0.2) is 24.3 Å². The Morgan fingerprint density at radius 3 is 2.70 bits per heavy atom. The van der Waals surface area contributed by atoms with E-state index in [-0.39, 0.29) is 17.3 Å². The highest BCUT2D eigenvalue weighted by atomic mass is 32.2. The van der Waals surface area contributed by atoms with Gasteiger partial charge >= 0.3 is 0 Å². The van der Waals surface area contributed by atoms with Gasteiger partial charge in [0.1, 0.15) is 0 Å². The number of aryl methyl sites for hydroxylation is 1. The lowest BCUT2D eigenvalue weighted by Gasteiger charge is -2.12. The van der Waals surface area contributed by atoms with Gasteiger partial charge < -0.3 is 5.32 Å². The Bertz CT molecular complexity index is 787. The van der Waals surface area contributed by atoms with Crippen molar-refractivity contribution in [2.45, 2.75) is 25.1 Å². The first-order valence-corrected chi connectivity index (χ1v) is 10.7. The SMILES string of the molecule is Cc1cccc(CS(=O)(=O)NCC(=O)NC2CCS(=O)(=O)C2)c1. The molecule has 1 heterocycles. The lowest BCUT2D eigenvalue weighted by Crippen LogP contribution is -2.42. The van der Waals surface area contributed by atoms with Crippen molar-refractivity contribution >= 4 is 25.8 Å². The molecule has 1 atom stereocenters. The lowest BCUT2D eigenvalue weighted by molar-refractivity contribution is -0.120. The predicted molar refractivity (Wildman–Crippen MR) is 87.0 cm³/mol. The van der Waals surface area contributed by atoms with Gasteiger partial charge in [0.15, 0.2) is 9.84 Å². The van der Waals surface area contributed by atoms with Crippen LogP contribution in [0.3, 0.4) is 0 Å². The van der Waals surface area contributed by atoms with Crippen LogP contribution < -0.4 is 10.0 Å². The van der Waals surface area contributed by atoms with Gasteiger partial charge in [-0.25, -0.2) is 21.6 Å². The number of hydrogen-bond acceptors (Lipinski definition) is 5. The molecule has 0 bridgehead atoms. The number of sulfonamides is 1. The Morgan fingerprint density at radius 1 is 1.35 bits per heavy atom. The van der Waals surface area contributed by atoms with Gasteiger partial charge in [0.2, 0.25) is 15.9 Å². The smallest absolute Gasteiger partial charge is 0.235 e. The van der Waals surface area contributed by atoms with Crippen LogP contribution in [0.25, 0.3) is 0 Å². The van der Waals surface area contributed by atoms with Crippen molar-refractivity contribution in [3.05, 3.63) is 35.4 Å². The zero-order valence-electron chi connectivity index (χ0n) is 12.8. The predicted octanol–water partition coefficient (Wildman–Crippen LogP) is -0.282. The molecule has 2 rings (SSSR count). The minimum absolute atomic E-state index is 0.0526. The van der Waals surface area contributed by atoms with Gasteiger partial charge in [-0.05, 0) is 18.9 Å². The number of carbonyl (C=O) groups excluding carboxylic acids is 1. The van der Waals surface area contributed by atoms with Gasteiger partial charge in [-0.3, -0.25) is 4.79 Å². The molecule has 9 heteroatoms. The molecule has 1 aliphatic heterocycles. The third-order valence-electron chi connectivity index (χ3n) is 3.49. The fourth-order valence-electron chi connectivity index (χ4n) is 2.44. The third-order valence-corrected chi connectivity index (χ3v) is 6.55. The summed E-state index contributed by atoms with van der Waals surface area (Å²) in [6.07, 6.45) is 0.365. The molecule has 0 spiro atoms. The molecular weight excluding hydrogens is 340 g/mol. The van der Waals surface area contributed by atoms with Crippen molar-refractivity contribution in [2.24, 2.45) is 0 Å². The van der Waals surface area contributed by atoms with Crippen molar-refractivity contribution in [2.75, 3.05) is 18.1 Å². The number of sulfone groups is 1. The van der Waals surface area contributed by atoms with Crippen LogP contribution >= 0.6 is 0 Å². The van der Waals surface area contributed by atoms with Crippen LogP contribution in [0.4, 0.5) is 0 Å². The second-order valence-electron chi connectivity index (χ2n) is 5.74. The summed E-state index contributed by atoms with van der Waals surface area (Å²) in [7, 11) is -6.71. The Morgan fingerprint density at radius 2 is 2.09 bits per heavy atom. The summed E-state index contributed by atoms with van der Waals surface area (Å²) in [4.78, 5) is 11.7. The summed E-state index contributed by atoms with van der Waals surface area (Å²) in [5.74, 6) is -0.772. The van der Waals surface area contributed by atoms with Gasteiger partial charge in [-0.15, -0.1) is 0 Å². The highest BCUT2D eigenvalue weighted by Crippen LogP contribution is 2.11.